The number of fused-ring (bicyclic) bond motifs is 1. The molecule has 2 atom stereocenters. The van der Waals surface area contributed by atoms with E-state index in [1.807, 2.05) is 32.5 Å². The molecular weight excluding hydrogens is 512 g/mol. The molecule has 3 aliphatic heterocycles. The number of amides is 3. The summed E-state index contributed by atoms with van der Waals surface area (Å²) in [5, 5.41) is 18.1. The maximum atomic E-state index is 12.5. The predicted octanol–water partition coefficient (Wildman–Crippen LogP) is 2.22. The van der Waals surface area contributed by atoms with Gasteiger partial charge in [-0.05, 0) is 64.2 Å². The van der Waals surface area contributed by atoms with Gasteiger partial charge in [-0.1, -0.05) is 0 Å². The Labute approximate surface area is 235 Å². The molecule has 3 saturated heterocycles. The van der Waals surface area contributed by atoms with Crippen LogP contribution in [0.1, 0.15) is 58.1 Å². The fourth-order valence-electron chi connectivity index (χ4n) is 6.19. The number of carbonyl (C=O) groups excluding carboxylic acids is 3. The maximum absolute atomic E-state index is 12.5. The van der Waals surface area contributed by atoms with Gasteiger partial charge in [0.25, 0.3) is 0 Å². The molecule has 4 heterocycles. The van der Waals surface area contributed by atoms with E-state index in [0.29, 0.717) is 31.8 Å². The van der Waals surface area contributed by atoms with E-state index in [1.54, 1.807) is 4.90 Å². The number of aromatic nitrogens is 2. The average molecular weight is 555 g/mol. The van der Waals surface area contributed by atoms with Crippen LogP contribution in [0.3, 0.4) is 0 Å². The molecule has 2 N–H and O–H groups in total. The average Bonchev–Trinajstić information content (AvgIpc) is 3.23. The van der Waals surface area contributed by atoms with Gasteiger partial charge in [0.1, 0.15) is 5.60 Å². The van der Waals surface area contributed by atoms with Crippen molar-refractivity contribution in [1.82, 2.24) is 24.9 Å². The molecule has 0 saturated carbocycles. The Bertz CT molecular complexity index is 1260. The van der Waals surface area contributed by atoms with Gasteiger partial charge in [0.05, 0.1) is 29.8 Å². The molecule has 3 aliphatic rings. The van der Waals surface area contributed by atoms with Crippen molar-refractivity contribution in [3.63, 3.8) is 0 Å². The lowest BCUT2D eigenvalue weighted by atomic mass is 9.92. The zero-order valence-corrected chi connectivity index (χ0v) is 24.1. The Morgan fingerprint density at radius 2 is 1.88 bits per heavy atom. The van der Waals surface area contributed by atoms with Crippen LogP contribution in [-0.4, -0.2) is 100 Å². The molecule has 5 rings (SSSR count). The van der Waals surface area contributed by atoms with Gasteiger partial charge < -0.3 is 19.6 Å². The van der Waals surface area contributed by atoms with Crippen LogP contribution in [0.4, 0.5) is 10.5 Å². The highest BCUT2D eigenvalue weighted by Gasteiger charge is 2.34. The molecule has 11 heteroatoms. The summed E-state index contributed by atoms with van der Waals surface area (Å²) in [4.78, 5) is 43.0. The molecule has 3 amide bonds. The molecule has 2 aromatic rings. The Morgan fingerprint density at radius 3 is 2.55 bits per heavy atom. The fraction of sp³-hybridized carbons (Fsp3) is 0.655. The van der Waals surface area contributed by atoms with E-state index >= 15 is 0 Å². The molecule has 1 aromatic carbocycles. The molecule has 0 spiro atoms. The second-order valence-electron chi connectivity index (χ2n) is 12.4. The highest BCUT2D eigenvalue weighted by molar-refractivity contribution is 6.02. The van der Waals surface area contributed by atoms with Crippen molar-refractivity contribution in [2.45, 2.75) is 64.0 Å². The number of anilines is 1. The molecule has 40 heavy (non-hydrogen) atoms. The number of carbonyl (C=O) groups is 3. The number of nitrogens with one attached hydrogen (secondary N) is 1. The van der Waals surface area contributed by atoms with Gasteiger partial charge in [-0.3, -0.25) is 24.5 Å². The smallest absolute Gasteiger partial charge is 0.410 e. The van der Waals surface area contributed by atoms with Gasteiger partial charge in [0.2, 0.25) is 11.8 Å². The largest absolute Gasteiger partial charge is 0.444 e. The van der Waals surface area contributed by atoms with E-state index < -0.39 is 11.5 Å². The first-order valence-corrected chi connectivity index (χ1v) is 14.4. The molecule has 0 radical (unpaired) electrons. The van der Waals surface area contributed by atoms with Crippen molar-refractivity contribution >= 4 is 34.5 Å². The summed E-state index contributed by atoms with van der Waals surface area (Å²) < 4.78 is 7.36. The monoisotopic (exact) mass is 554 g/mol. The summed E-state index contributed by atoms with van der Waals surface area (Å²) >= 11 is 0. The summed E-state index contributed by atoms with van der Waals surface area (Å²) in [7, 11) is 1.90. The number of benzene rings is 1. The number of piperidine rings is 2. The number of hydrogen-bond acceptors (Lipinski definition) is 8. The first-order chi connectivity index (χ1) is 19.0. The molecular formula is C29H42N6O5. The quantitative estimate of drug-likeness (QED) is 0.540. The van der Waals surface area contributed by atoms with Gasteiger partial charge >= 0.3 is 6.09 Å². The third kappa shape index (κ3) is 6.10. The number of rotatable bonds is 5. The summed E-state index contributed by atoms with van der Waals surface area (Å²) in [5.41, 5.74) is 2.32. The zero-order valence-electron chi connectivity index (χ0n) is 24.1. The molecule has 11 nitrogen and oxygen atoms in total. The van der Waals surface area contributed by atoms with Crippen LogP contribution >= 0.6 is 0 Å². The van der Waals surface area contributed by atoms with E-state index in [1.165, 1.54) is 0 Å². The molecule has 0 bridgehead atoms. The Balaban J connectivity index is 1.18. The highest BCUT2D eigenvalue weighted by Crippen LogP contribution is 2.33. The van der Waals surface area contributed by atoms with Gasteiger partial charge in [-0.15, -0.1) is 0 Å². The Hall–Kier alpha value is -3.18. The minimum Gasteiger partial charge on any atom is -0.444 e. The van der Waals surface area contributed by atoms with Crippen molar-refractivity contribution in [3.8, 4) is 0 Å². The van der Waals surface area contributed by atoms with Crippen LogP contribution in [0.25, 0.3) is 10.9 Å². The number of hydrogen-bond donors (Lipinski definition) is 2. The zero-order chi connectivity index (χ0) is 28.6. The predicted molar refractivity (Wildman–Crippen MR) is 151 cm³/mol. The van der Waals surface area contributed by atoms with Crippen molar-refractivity contribution < 1.29 is 24.2 Å². The molecule has 1 unspecified atom stereocenters. The van der Waals surface area contributed by atoms with Crippen molar-refractivity contribution in [1.29, 1.82) is 0 Å². The number of imide groups is 1. The van der Waals surface area contributed by atoms with E-state index in [4.69, 9.17) is 4.74 Å². The number of aliphatic hydroxyl groups excluding tert-OH is 1. The van der Waals surface area contributed by atoms with E-state index in [9.17, 15) is 19.5 Å². The molecule has 0 aliphatic carbocycles. The van der Waals surface area contributed by atoms with Crippen LogP contribution in [-0.2, 0) is 21.4 Å². The molecule has 1 aromatic heterocycles. The van der Waals surface area contributed by atoms with Crippen molar-refractivity contribution in [3.05, 3.63) is 23.9 Å². The SMILES string of the molecule is Cn1nc(C2CCC(=O)NC2=O)c2ccc(N3CCC(CN4CCN(C(=O)OC(C)(C)C)C[C@H]4CO)CC3)cc21. The Kier molecular flexibility index (Phi) is 8.05. The van der Waals surface area contributed by atoms with Gasteiger partial charge in [-0.25, -0.2) is 4.79 Å². The van der Waals surface area contributed by atoms with Crippen LogP contribution < -0.4 is 10.2 Å². The normalized spacial score (nSPS) is 23.5. The minimum absolute atomic E-state index is 0.0175. The van der Waals surface area contributed by atoms with E-state index in [2.05, 4.69) is 38.4 Å². The topological polar surface area (TPSA) is 120 Å². The van der Waals surface area contributed by atoms with Crippen LogP contribution in [0.2, 0.25) is 0 Å². The van der Waals surface area contributed by atoms with Crippen LogP contribution in [0, 0.1) is 5.92 Å². The van der Waals surface area contributed by atoms with Crippen molar-refractivity contribution in [2.75, 3.05) is 50.8 Å². The summed E-state index contributed by atoms with van der Waals surface area (Å²) in [6, 6.07) is 6.23. The van der Waals surface area contributed by atoms with Crippen LogP contribution in [0.5, 0.6) is 0 Å². The summed E-state index contributed by atoms with van der Waals surface area (Å²) in [5.74, 6) is -0.367. The summed E-state index contributed by atoms with van der Waals surface area (Å²) in [6.45, 7) is 10.2. The molecule has 218 valence electrons. The van der Waals surface area contributed by atoms with E-state index in [-0.39, 0.29) is 30.6 Å². The standard InChI is InChI=1S/C29H42N6O5/c1-29(2,3)40-28(39)35-14-13-34(21(17-35)18-36)16-19-9-11-33(12-10-19)20-5-6-22-24(15-20)32(4)31-26(22)23-7-8-25(37)30-27(23)38/h5-6,15,19,21,23,36H,7-14,16-18H2,1-4H3,(H,30,37,38)/t21-,23?/m0/s1. The van der Waals surface area contributed by atoms with E-state index in [0.717, 1.165) is 61.3 Å². The van der Waals surface area contributed by atoms with Crippen LogP contribution in [0.15, 0.2) is 18.2 Å². The fourth-order valence-corrected chi connectivity index (χ4v) is 6.19. The first kappa shape index (κ1) is 28.4. The van der Waals surface area contributed by atoms with Gasteiger partial charge in [0, 0.05) is 63.8 Å². The lowest BCUT2D eigenvalue weighted by molar-refractivity contribution is -0.134. The number of nitrogens with zero attached hydrogens (tertiary/aromatic N) is 5. The van der Waals surface area contributed by atoms with Gasteiger partial charge in [0.15, 0.2) is 0 Å². The maximum Gasteiger partial charge on any atom is 0.410 e. The van der Waals surface area contributed by atoms with Gasteiger partial charge in [-0.2, -0.15) is 5.10 Å². The summed E-state index contributed by atoms with van der Waals surface area (Å²) in [6.07, 6.45) is 2.61. The number of aliphatic hydroxyl groups is 1. The second-order valence-corrected chi connectivity index (χ2v) is 12.4. The third-order valence-corrected chi connectivity index (χ3v) is 8.37. The first-order valence-electron chi connectivity index (χ1n) is 14.4. The lowest BCUT2D eigenvalue weighted by Gasteiger charge is -2.43. The number of aryl methyl sites for hydroxylation is 1. The lowest BCUT2D eigenvalue weighted by Crippen LogP contribution is -2.58. The molecule has 3 fully saturated rings. The minimum atomic E-state index is -0.534. The number of piperazine rings is 1. The Morgan fingerprint density at radius 1 is 1.12 bits per heavy atom. The third-order valence-electron chi connectivity index (χ3n) is 8.37. The highest BCUT2D eigenvalue weighted by atomic mass is 16.6. The van der Waals surface area contributed by atoms with Crippen molar-refractivity contribution in [2.24, 2.45) is 13.0 Å². The second kappa shape index (κ2) is 11.4. The number of ether oxygens (including phenoxy) is 1.